The van der Waals surface area contributed by atoms with Crippen LogP contribution in [0.2, 0.25) is 5.02 Å². The molecule has 0 saturated carbocycles. The molecule has 2 rings (SSSR count). The van der Waals surface area contributed by atoms with Crippen molar-refractivity contribution in [3.05, 3.63) is 35.2 Å². The third kappa shape index (κ3) is 4.19. The number of hydrogen-bond acceptors (Lipinski definition) is 5. The van der Waals surface area contributed by atoms with E-state index in [2.05, 4.69) is 15.5 Å². The minimum absolute atomic E-state index is 0. The molecule has 0 bridgehead atoms. The molecule has 1 atom stereocenters. The average molecular weight is 317 g/mol. The summed E-state index contributed by atoms with van der Waals surface area (Å²) in [5, 5.41) is 7.05. The van der Waals surface area contributed by atoms with Gasteiger partial charge in [-0.15, -0.1) is 12.4 Å². The summed E-state index contributed by atoms with van der Waals surface area (Å²) in [7, 11) is 0. The van der Waals surface area contributed by atoms with Crippen LogP contribution >= 0.6 is 24.0 Å². The van der Waals surface area contributed by atoms with Crippen LogP contribution in [0.3, 0.4) is 0 Å². The Bertz CT molecular complexity index is 569. The quantitative estimate of drug-likeness (QED) is 0.896. The van der Waals surface area contributed by atoms with E-state index < -0.39 is 6.04 Å². The molecule has 0 unspecified atom stereocenters. The fourth-order valence-electron chi connectivity index (χ4n) is 1.37. The molecule has 0 spiro atoms. The predicted molar refractivity (Wildman–Crippen MR) is 77.5 cm³/mol. The second-order valence-corrected chi connectivity index (χ2v) is 4.46. The Hall–Kier alpha value is -1.63. The van der Waals surface area contributed by atoms with Gasteiger partial charge in [-0.05, 0) is 31.2 Å². The van der Waals surface area contributed by atoms with Gasteiger partial charge >= 0.3 is 0 Å². The van der Waals surface area contributed by atoms with Gasteiger partial charge in [0.2, 0.25) is 17.6 Å². The predicted octanol–water partition coefficient (Wildman–Crippen LogP) is 1.78. The first-order valence-electron chi connectivity index (χ1n) is 5.68. The number of nitrogens with zero attached hydrogens (tertiary/aromatic N) is 2. The van der Waals surface area contributed by atoms with Crippen LogP contribution in [0.15, 0.2) is 28.8 Å². The van der Waals surface area contributed by atoms with Crippen LogP contribution in [0.1, 0.15) is 12.8 Å². The number of carbonyl (C=O) groups excluding carboxylic acids is 1. The molecule has 1 amide bonds. The molecule has 108 valence electrons. The van der Waals surface area contributed by atoms with E-state index >= 15 is 0 Å². The Kier molecular flexibility index (Phi) is 5.94. The molecule has 0 fully saturated rings. The molecular formula is C12H14Cl2N4O2. The third-order valence-corrected chi connectivity index (χ3v) is 2.65. The number of hydrogen-bond donors (Lipinski definition) is 2. The van der Waals surface area contributed by atoms with Crippen LogP contribution in [0.4, 0.5) is 0 Å². The first-order valence-corrected chi connectivity index (χ1v) is 6.06. The first-order chi connectivity index (χ1) is 9.06. The lowest BCUT2D eigenvalue weighted by atomic mass is 10.2. The summed E-state index contributed by atoms with van der Waals surface area (Å²) in [6.07, 6.45) is 0. The van der Waals surface area contributed by atoms with Gasteiger partial charge in [-0.3, -0.25) is 4.79 Å². The monoisotopic (exact) mass is 316 g/mol. The molecule has 0 aliphatic rings. The number of amides is 1. The molecule has 8 heteroatoms. The van der Waals surface area contributed by atoms with Crippen LogP contribution in [0.25, 0.3) is 11.4 Å². The Morgan fingerprint density at radius 1 is 1.45 bits per heavy atom. The molecule has 1 aromatic carbocycles. The summed E-state index contributed by atoms with van der Waals surface area (Å²) < 4.78 is 5.03. The van der Waals surface area contributed by atoms with Gasteiger partial charge in [0, 0.05) is 10.6 Å². The lowest BCUT2D eigenvalue weighted by Gasteiger charge is -2.03. The SMILES string of the molecule is C[C@@H](N)C(=O)NCc1nc(-c2ccc(Cl)cc2)no1.Cl. The van der Waals surface area contributed by atoms with Crippen LogP contribution in [-0.2, 0) is 11.3 Å². The van der Waals surface area contributed by atoms with Crippen molar-refractivity contribution in [2.24, 2.45) is 5.73 Å². The van der Waals surface area contributed by atoms with Gasteiger partial charge < -0.3 is 15.6 Å². The number of nitrogens with one attached hydrogen (secondary N) is 1. The number of aromatic nitrogens is 2. The zero-order chi connectivity index (χ0) is 13.8. The molecular weight excluding hydrogens is 303 g/mol. The number of halogens is 2. The van der Waals surface area contributed by atoms with Crippen molar-refractivity contribution in [2.45, 2.75) is 19.5 Å². The Morgan fingerprint density at radius 3 is 2.70 bits per heavy atom. The van der Waals surface area contributed by atoms with Gasteiger partial charge in [0.15, 0.2) is 0 Å². The van der Waals surface area contributed by atoms with E-state index in [4.69, 9.17) is 21.9 Å². The number of benzene rings is 1. The molecule has 6 nitrogen and oxygen atoms in total. The van der Waals surface area contributed by atoms with Gasteiger partial charge in [-0.25, -0.2) is 0 Å². The van der Waals surface area contributed by atoms with Gasteiger partial charge in [0.05, 0.1) is 12.6 Å². The van der Waals surface area contributed by atoms with Crippen molar-refractivity contribution >= 4 is 29.9 Å². The average Bonchev–Trinajstić information content (AvgIpc) is 2.85. The molecule has 0 aliphatic heterocycles. The Morgan fingerprint density at radius 2 is 2.10 bits per heavy atom. The highest BCUT2D eigenvalue weighted by Crippen LogP contribution is 2.18. The van der Waals surface area contributed by atoms with Gasteiger partial charge in [0.1, 0.15) is 0 Å². The topological polar surface area (TPSA) is 94.0 Å². The van der Waals surface area contributed by atoms with Crippen LogP contribution < -0.4 is 11.1 Å². The van der Waals surface area contributed by atoms with E-state index in [1.165, 1.54) is 0 Å². The minimum atomic E-state index is -0.571. The summed E-state index contributed by atoms with van der Waals surface area (Å²) in [5.41, 5.74) is 6.21. The second-order valence-electron chi connectivity index (χ2n) is 4.03. The number of rotatable bonds is 4. The smallest absolute Gasteiger partial charge is 0.246 e. The van der Waals surface area contributed by atoms with Gasteiger partial charge in [-0.1, -0.05) is 16.8 Å². The largest absolute Gasteiger partial charge is 0.346 e. The number of nitrogens with two attached hydrogens (primary N) is 1. The molecule has 1 heterocycles. The van der Waals surface area contributed by atoms with Gasteiger partial charge in [-0.2, -0.15) is 4.98 Å². The van der Waals surface area contributed by atoms with E-state index in [0.29, 0.717) is 16.7 Å². The van der Waals surface area contributed by atoms with Crippen LogP contribution in [-0.4, -0.2) is 22.1 Å². The summed E-state index contributed by atoms with van der Waals surface area (Å²) in [5.74, 6) is 0.493. The van der Waals surface area contributed by atoms with Gasteiger partial charge in [0.25, 0.3) is 0 Å². The van der Waals surface area contributed by atoms with E-state index in [0.717, 1.165) is 5.56 Å². The molecule has 3 N–H and O–H groups in total. The Balaban J connectivity index is 0.00000200. The van der Waals surface area contributed by atoms with Crippen molar-refractivity contribution in [3.8, 4) is 11.4 Å². The molecule has 0 aliphatic carbocycles. The molecule has 1 aromatic heterocycles. The highest BCUT2D eigenvalue weighted by molar-refractivity contribution is 6.30. The minimum Gasteiger partial charge on any atom is -0.346 e. The zero-order valence-corrected chi connectivity index (χ0v) is 12.2. The van der Waals surface area contributed by atoms with Crippen molar-refractivity contribution < 1.29 is 9.32 Å². The summed E-state index contributed by atoms with van der Waals surface area (Å²) in [6, 6.07) is 6.49. The second kappa shape index (κ2) is 7.23. The highest BCUT2D eigenvalue weighted by Gasteiger charge is 2.11. The maximum atomic E-state index is 11.3. The molecule has 2 aromatic rings. The van der Waals surface area contributed by atoms with Crippen molar-refractivity contribution in [1.82, 2.24) is 15.5 Å². The molecule has 20 heavy (non-hydrogen) atoms. The zero-order valence-electron chi connectivity index (χ0n) is 10.7. The van der Waals surface area contributed by atoms with E-state index in [1.54, 1.807) is 31.2 Å². The maximum absolute atomic E-state index is 11.3. The van der Waals surface area contributed by atoms with E-state index in [-0.39, 0.29) is 24.9 Å². The normalized spacial score (nSPS) is 11.6. The summed E-state index contributed by atoms with van der Waals surface area (Å²) in [6.45, 7) is 1.75. The standard InChI is InChI=1S/C12H13ClN4O2.ClH/c1-7(14)12(18)15-6-10-16-11(17-19-10)8-2-4-9(13)5-3-8;/h2-5,7H,6,14H2,1H3,(H,15,18);1H/t7-;/m1./s1. The molecule has 0 saturated heterocycles. The fraction of sp³-hybridized carbons (Fsp3) is 0.250. The highest BCUT2D eigenvalue weighted by atomic mass is 35.5. The van der Waals surface area contributed by atoms with Crippen molar-refractivity contribution in [2.75, 3.05) is 0 Å². The van der Waals surface area contributed by atoms with Crippen LogP contribution in [0, 0.1) is 0 Å². The Labute approximate surface area is 127 Å². The van der Waals surface area contributed by atoms with Crippen LogP contribution in [0.5, 0.6) is 0 Å². The lowest BCUT2D eigenvalue weighted by Crippen LogP contribution is -2.37. The first kappa shape index (κ1) is 16.4. The van der Waals surface area contributed by atoms with E-state index in [1.807, 2.05) is 0 Å². The van der Waals surface area contributed by atoms with Crippen molar-refractivity contribution in [3.63, 3.8) is 0 Å². The van der Waals surface area contributed by atoms with Crippen molar-refractivity contribution in [1.29, 1.82) is 0 Å². The van der Waals surface area contributed by atoms with E-state index in [9.17, 15) is 4.79 Å². The number of carbonyl (C=O) groups is 1. The molecule has 0 radical (unpaired) electrons. The lowest BCUT2D eigenvalue weighted by molar-refractivity contribution is -0.122. The fourth-order valence-corrected chi connectivity index (χ4v) is 1.49. The maximum Gasteiger partial charge on any atom is 0.246 e. The third-order valence-electron chi connectivity index (χ3n) is 2.40. The summed E-state index contributed by atoms with van der Waals surface area (Å²) >= 11 is 5.79. The summed E-state index contributed by atoms with van der Waals surface area (Å²) in [4.78, 5) is 15.5.